The van der Waals surface area contributed by atoms with E-state index in [1.165, 1.54) is 0 Å². The Labute approximate surface area is 146 Å². The van der Waals surface area contributed by atoms with Crippen LogP contribution in [0, 0.1) is 34.5 Å². The van der Waals surface area contributed by atoms with Gasteiger partial charge in [0.25, 0.3) is 0 Å². The predicted octanol–water partition coefficient (Wildman–Crippen LogP) is 4.09. The van der Waals surface area contributed by atoms with Crippen molar-refractivity contribution >= 4 is 5.97 Å². The minimum atomic E-state index is -4.58. The molecule has 1 aliphatic heterocycles. The molecule has 6 heteroatoms. The zero-order chi connectivity index (χ0) is 18.3. The molecule has 1 N–H and O–H groups in total. The zero-order valence-electron chi connectivity index (χ0n) is 14.9. The average molecular weight is 360 g/mol. The van der Waals surface area contributed by atoms with Crippen LogP contribution in [0.3, 0.4) is 0 Å². The van der Waals surface area contributed by atoms with E-state index in [-0.39, 0.29) is 41.5 Å². The number of rotatable bonds is 0. The van der Waals surface area contributed by atoms with Crippen molar-refractivity contribution < 1.29 is 27.8 Å². The summed E-state index contributed by atoms with van der Waals surface area (Å²) < 4.78 is 46.4. The maximum absolute atomic E-state index is 13.7. The fourth-order valence-electron chi connectivity index (χ4n) is 7.07. The normalized spacial score (nSPS) is 52.8. The molecule has 0 aromatic rings. The number of cyclic esters (lactones) is 1. The first kappa shape index (κ1) is 17.6. The van der Waals surface area contributed by atoms with Crippen LogP contribution >= 0.6 is 0 Å². The molecule has 142 valence electrons. The first-order valence-electron chi connectivity index (χ1n) is 9.48. The summed E-state index contributed by atoms with van der Waals surface area (Å²) in [5, 5.41) is 10.6. The molecule has 4 fully saturated rings. The molecule has 1 saturated heterocycles. The van der Waals surface area contributed by atoms with Crippen LogP contribution in [-0.4, -0.2) is 29.5 Å². The van der Waals surface area contributed by atoms with Gasteiger partial charge >= 0.3 is 12.1 Å². The van der Waals surface area contributed by atoms with E-state index in [0.29, 0.717) is 32.3 Å². The van der Waals surface area contributed by atoms with Gasteiger partial charge in [0, 0.05) is 17.3 Å². The molecule has 4 aliphatic rings. The van der Waals surface area contributed by atoms with Gasteiger partial charge in [-0.05, 0) is 62.2 Å². The number of aliphatic hydroxyl groups is 1. The second-order valence-corrected chi connectivity index (χ2v) is 9.37. The highest BCUT2D eigenvalue weighted by Gasteiger charge is 2.72. The minimum absolute atomic E-state index is 0.103. The molecule has 25 heavy (non-hydrogen) atoms. The Morgan fingerprint density at radius 1 is 1.08 bits per heavy atom. The van der Waals surface area contributed by atoms with Gasteiger partial charge in [0.2, 0.25) is 0 Å². The minimum Gasteiger partial charge on any atom is -0.465 e. The summed E-state index contributed by atoms with van der Waals surface area (Å²) in [6, 6.07) is 0. The van der Waals surface area contributed by atoms with Gasteiger partial charge in [-0.1, -0.05) is 13.8 Å². The molecule has 0 amide bonds. The van der Waals surface area contributed by atoms with Crippen LogP contribution in [0.1, 0.15) is 58.8 Å². The van der Waals surface area contributed by atoms with Crippen molar-refractivity contribution in [3.05, 3.63) is 0 Å². The molecule has 3 aliphatic carbocycles. The van der Waals surface area contributed by atoms with Crippen LogP contribution in [-0.2, 0) is 9.53 Å². The number of carbonyl (C=O) groups is 1. The smallest absolute Gasteiger partial charge is 0.417 e. The van der Waals surface area contributed by atoms with E-state index in [1.807, 2.05) is 0 Å². The Morgan fingerprint density at radius 3 is 2.44 bits per heavy atom. The van der Waals surface area contributed by atoms with Gasteiger partial charge in [-0.2, -0.15) is 13.2 Å². The number of esters is 1. The summed E-state index contributed by atoms with van der Waals surface area (Å²) in [5.41, 5.74) is -3.79. The Bertz CT molecular complexity index is 591. The number of alkyl halides is 3. The van der Waals surface area contributed by atoms with Crippen LogP contribution in [0.5, 0.6) is 0 Å². The quantitative estimate of drug-likeness (QED) is 0.662. The second-order valence-electron chi connectivity index (χ2n) is 9.37. The van der Waals surface area contributed by atoms with Crippen molar-refractivity contribution in [3.8, 4) is 0 Å². The lowest BCUT2D eigenvalue weighted by Gasteiger charge is -2.60. The molecular weight excluding hydrogens is 333 g/mol. The van der Waals surface area contributed by atoms with Crippen molar-refractivity contribution in [3.63, 3.8) is 0 Å². The number of fused-ring (bicyclic) bond motifs is 5. The summed E-state index contributed by atoms with van der Waals surface area (Å²) in [6.45, 7) is 4.21. The highest BCUT2D eigenvalue weighted by Crippen LogP contribution is 2.69. The molecule has 0 bridgehead atoms. The number of hydrogen-bond donors (Lipinski definition) is 1. The van der Waals surface area contributed by atoms with E-state index in [9.17, 15) is 23.1 Å². The molecule has 4 rings (SSSR count). The maximum Gasteiger partial charge on any atom is 0.417 e. The van der Waals surface area contributed by atoms with Gasteiger partial charge in [0.1, 0.15) is 0 Å². The Hall–Kier alpha value is -0.780. The number of halogens is 3. The molecule has 0 aromatic heterocycles. The molecule has 0 spiro atoms. The highest BCUT2D eigenvalue weighted by atomic mass is 19.4. The predicted molar refractivity (Wildman–Crippen MR) is 84.5 cm³/mol. The summed E-state index contributed by atoms with van der Waals surface area (Å²) >= 11 is 0. The van der Waals surface area contributed by atoms with E-state index < -0.39 is 17.2 Å². The number of ether oxygens (including phenoxy) is 1. The van der Waals surface area contributed by atoms with E-state index in [0.717, 1.165) is 12.8 Å². The molecule has 3 saturated carbocycles. The molecule has 7 atom stereocenters. The summed E-state index contributed by atoms with van der Waals surface area (Å²) in [7, 11) is 0. The van der Waals surface area contributed by atoms with Crippen LogP contribution in [0.2, 0.25) is 0 Å². The fraction of sp³-hybridized carbons (Fsp3) is 0.947. The lowest BCUT2D eigenvalue weighted by atomic mass is 9.46. The van der Waals surface area contributed by atoms with Gasteiger partial charge in [0.05, 0.1) is 6.61 Å². The van der Waals surface area contributed by atoms with Crippen molar-refractivity contribution in [2.75, 3.05) is 6.61 Å². The van der Waals surface area contributed by atoms with Gasteiger partial charge in [-0.25, -0.2) is 0 Å². The van der Waals surface area contributed by atoms with E-state index in [4.69, 9.17) is 4.74 Å². The molecule has 1 heterocycles. The van der Waals surface area contributed by atoms with Crippen LogP contribution in [0.25, 0.3) is 0 Å². The Balaban J connectivity index is 1.66. The summed E-state index contributed by atoms with van der Waals surface area (Å²) in [6.07, 6.45) is -1.06. The van der Waals surface area contributed by atoms with Crippen molar-refractivity contribution in [2.45, 2.75) is 70.6 Å². The highest BCUT2D eigenvalue weighted by molar-refractivity contribution is 5.70. The van der Waals surface area contributed by atoms with Gasteiger partial charge in [0.15, 0.2) is 5.60 Å². The third-order valence-corrected chi connectivity index (χ3v) is 8.64. The van der Waals surface area contributed by atoms with Crippen LogP contribution in [0.4, 0.5) is 13.2 Å². The van der Waals surface area contributed by atoms with E-state index in [2.05, 4.69) is 6.92 Å². The molecular formula is C19H27F3O3. The summed E-state index contributed by atoms with van der Waals surface area (Å²) in [4.78, 5) is 11.7. The zero-order valence-corrected chi connectivity index (χ0v) is 14.9. The first-order valence-corrected chi connectivity index (χ1v) is 9.48. The van der Waals surface area contributed by atoms with Gasteiger partial charge in [-0.15, -0.1) is 0 Å². The molecule has 3 nitrogen and oxygen atoms in total. The third kappa shape index (κ3) is 2.12. The number of carbonyl (C=O) groups excluding carboxylic acids is 1. The standard InChI is InChI=1S/C19H27F3O3/c1-16-10-25-15(23)9-11(16)3-4-12-13(16)5-7-17(2)14(12)6-8-18(17,24)19(20,21)22/h11-14,24H,3-10H2,1-2H3/t11?,12-,13-,14+,16+,17+,18?/m1/s1. The Morgan fingerprint density at radius 2 is 1.76 bits per heavy atom. The Kier molecular flexibility index (Phi) is 3.62. The lowest BCUT2D eigenvalue weighted by molar-refractivity contribution is -0.304. The van der Waals surface area contributed by atoms with Gasteiger partial charge in [-0.3, -0.25) is 4.79 Å². The first-order chi connectivity index (χ1) is 11.5. The fourth-order valence-corrected chi connectivity index (χ4v) is 7.07. The lowest BCUT2D eigenvalue weighted by Crippen LogP contribution is -2.61. The molecule has 2 unspecified atom stereocenters. The SMILES string of the molecule is C[C@]12COC(=O)CC1CC[C@@H]1[C@H]2CC[C@@]2(C)[C@H]1CCC2(O)C(F)(F)F. The largest absolute Gasteiger partial charge is 0.465 e. The average Bonchev–Trinajstić information content (AvgIpc) is 2.81. The van der Waals surface area contributed by atoms with Crippen LogP contribution in [0.15, 0.2) is 0 Å². The second kappa shape index (κ2) is 5.14. The third-order valence-electron chi connectivity index (χ3n) is 8.64. The van der Waals surface area contributed by atoms with E-state index in [1.54, 1.807) is 6.92 Å². The van der Waals surface area contributed by atoms with E-state index >= 15 is 0 Å². The molecule has 0 radical (unpaired) electrons. The van der Waals surface area contributed by atoms with Gasteiger partial charge < -0.3 is 9.84 Å². The summed E-state index contributed by atoms with van der Waals surface area (Å²) in [5.74, 6) is 0.505. The maximum atomic E-state index is 13.7. The van der Waals surface area contributed by atoms with Crippen LogP contribution < -0.4 is 0 Å². The monoisotopic (exact) mass is 360 g/mol. The molecule has 0 aromatic carbocycles. The topological polar surface area (TPSA) is 46.5 Å². The van der Waals surface area contributed by atoms with Crippen molar-refractivity contribution in [1.29, 1.82) is 0 Å². The van der Waals surface area contributed by atoms with Crippen molar-refractivity contribution in [2.24, 2.45) is 34.5 Å². The van der Waals surface area contributed by atoms with Crippen molar-refractivity contribution in [1.82, 2.24) is 0 Å². The number of hydrogen-bond acceptors (Lipinski definition) is 3.